The van der Waals surface area contributed by atoms with Crippen molar-refractivity contribution in [1.29, 1.82) is 0 Å². The van der Waals surface area contributed by atoms with Crippen LogP contribution in [0.4, 0.5) is 0 Å². The molecule has 21 heavy (non-hydrogen) atoms. The molecule has 1 heterocycles. The Bertz CT molecular complexity index is 731. The normalized spacial score (nSPS) is 11.0. The Morgan fingerprint density at radius 2 is 1.86 bits per heavy atom. The van der Waals surface area contributed by atoms with E-state index in [9.17, 15) is 0 Å². The quantitative estimate of drug-likeness (QED) is 0.779. The number of aliphatic hydroxyl groups is 1. The number of aromatic nitrogens is 1. The van der Waals surface area contributed by atoms with Gasteiger partial charge in [0.2, 0.25) is 5.89 Å². The largest absolute Gasteiger partial charge is 0.484 e. The van der Waals surface area contributed by atoms with Gasteiger partial charge >= 0.3 is 0 Å². The topological polar surface area (TPSA) is 55.5 Å². The second-order valence-corrected chi connectivity index (χ2v) is 4.85. The Hall–Kier alpha value is -2.33. The van der Waals surface area contributed by atoms with Crippen molar-refractivity contribution in [2.24, 2.45) is 0 Å². The molecule has 0 spiro atoms. The highest BCUT2D eigenvalue weighted by Crippen LogP contribution is 2.19. The van der Waals surface area contributed by atoms with E-state index in [0.29, 0.717) is 11.5 Å². The summed E-state index contributed by atoms with van der Waals surface area (Å²) in [5, 5.41) is 9.12. The Labute approximate surface area is 123 Å². The molecule has 1 N–H and O–H groups in total. The fraction of sp³-hybridized carbons (Fsp3) is 0.235. The molecule has 3 aromatic rings. The van der Waals surface area contributed by atoms with Gasteiger partial charge in [0, 0.05) is 0 Å². The van der Waals surface area contributed by atoms with Crippen molar-refractivity contribution >= 4 is 11.1 Å². The van der Waals surface area contributed by atoms with Gasteiger partial charge in [0.05, 0.1) is 6.61 Å². The maximum Gasteiger partial charge on any atom is 0.233 e. The average Bonchev–Trinajstić information content (AvgIpc) is 2.95. The molecule has 0 aliphatic heterocycles. The first-order chi connectivity index (χ1) is 10.3. The summed E-state index contributed by atoms with van der Waals surface area (Å²) < 4.78 is 11.3. The number of benzene rings is 2. The van der Waals surface area contributed by atoms with E-state index >= 15 is 0 Å². The van der Waals surface area contributed by atoms with Crippen LogP contribution in [-0.2, 0) is 19.6 Å². The number of hydrogen-bond donors (Lipinski definition) is 1. The van der Waals surface area contributed by atoms with Gasteiger partial charge in [-0.25, -0.2) is 4.98 Å². The predicted molar refractivity (Wildman–Crippen MR) is 80.1 cm³/mol. The number of hydrogen-bond acceptors (Lipinski definition) is 4. The number of nitrogens with zero attached hydrogens (tertiary/aromatic N) is 1. The second-order valence-electron chi connectivity index (χ2n) is 4.85. The van der Waals surface area contributed by atoms with Crippen molar-refractivity contribution in [3.8, 4) is 5.75 Å². The van der Waals surface area contributed by atoms with Gasteiger partial charge in [0.1, 0.15) is 11.3 Å². The Morgan fingerprint density at radius 3 is 2.57 bits per heavy atom. The Kier molecular flexibility index (Phi) is 3.88. The first kappa shape index (κ1) is 13.6. The van der Waals surface area contributed by atoms with Crippen molar-refractivity contribution in [3.63, 3.8) is 0 Å². The molecule has 0 aliphatic rings. The van der Waals surface area contributed by atoms with Gasteiger partial charge in [-0.15, -0.1) is 0 Å². The minimum atomic E-state index is -0.00158. The van der Waals surface area contributed by atoms with Crippen LogP contribution in [0.25, 0.3) is 11.1 Å². The molecule has 0 fully saturated rings. The number of oxazole rings is 1. The van der Waals surface area contributed by atoms with E-state index in [2.05, 4.69) is 24.0 Å². The van der Waals surface area contributed by atoms with Crippen molar-refractivity contribution in [2.45, 2.75) is 26.6 Å². The summed E-state index contributed by atoms with van der Waals surface area (Å²) in [5.41, 5.74) is 3.53. The summed E-state index contributed by atoms with van der Waals surface area (Å²) in [6, 6.07) is 13.5. The van der Waals surface area contributed by atoms with E-state index in [4.69, 9.17) is 14.3 Å². The maximum absolute atomic E-state index is 9.12. The van der Waals surface area contributed by atoms with E-state index in [1.165, 1.54) is 5.56 Å². The molecule has 4 heteroatoms. The highest BCUT2D eigenvalue weighted by atomic mass is 16.5. The van der Waals surface area contributed by atoms with Crippen LogP contribution < -0.4 is 4.74 Å². The summed E-state index contributed by atoms with van der Waals surface area (Å²) in [6.07, 6.45) is 1.01. The van der Waals surface area contributed by atoms with Crippen LogP contribution in [0.3, 0.4) is 0 Å². The number of fused-ring (bicyclic) bond motifs is 1. The van der Waals surface area contributed by atoms with Gasteiger partial charge < -0.3 is 14.3 Å². The predicted octanol–water partition coefficient (Wildman–Crippen LogP) is 3.46. The lowest BCUT2D eigenvalue weighted by atomic mass is 10.2. The van der Waals surface area contributed by atoms with Crippen molar-refractivity contribution in [2.75, 3.05) is 0 Å². The average molecular weight is 283 g/mol. The monoisotopic (exact) mass is 283 g/mol. The molecule has 108 valence electrons. The van der Waals surface area contributed by atoms with Crippen molar-refractivity contribution in [1.82, 2.24) is 4.98 Å². The third-order valence-electron chi connectivity index (χ3n) is 3.37. The lowest BCUT2D eigenvalue weighted by molar-refractivity contribution is 0.267. The zero-order valence-electron chi connectivity index (χ0n) is 11.9. The molecule has 0 saturated carbocycles. The lowest BCUT2D eigenvalue weighted by Gasteiger charge is -2.04. The van der Waals surface area contributed by atoms with Gasteiger partial charge in [0.25, 0.3) is 0 Å². The van der Waals surface area contributed by atoms with Gasteiger partial charge in [-0.1, -0.05) is 25.1 Å². The van der Waals surface area contributed by atoms with Crippen LogP contribution in [-0.4, -0.2) is 10.1 Å². The second kappa shape index (κ2) is 5.97. The SMILES string of the molecule is CCc1ccc(OCc2nc3cc(CO)ccc3o2)cc1. The lowest BCUT2D eigenvalue weighted by Crippen LogP contribution is -1.95. The van der Waals surface area contributed by atoms with E-state index in [0.717, 1.165) is 23.3 Å². The Morgan fingerprint density at radius 1 is 1.10 bits per heavy atom. The molecule has 0 amide bonds. The van der Waals surface area contributed by atoms with Crippen molar-refractivity contribution < 1.29 is 14.3 Å². The van der Waals surface area contributed by atoms with E-state index < -0.39 is 0 Å². The van der Waals surface area contributed by atoms with Crippen molar-refractivity contribution in [3.05, 3.63) is 59.5 Å². The summed E-state index contributed by atoms with van der Waals surface area (Å²) in [4.78, 5) is 4.37. The van der Waals surface area contributed by atoms with Crippen LogP contribution in [0.2, 0.25) is 0 Å². The fourth-order valence-electron chi connectivity index (χ4n) is 2.15. The van der Waals surface area contributed by atoms with Crippen LogP contribution in [0.1, 0.15) is 23.9 Å². The number of aliphatic hydroxyl groups excluding tert-OH is 1. The molecule has 0 aliphatic carbocycles. The zero-order chi connectivity index (χ0) is 14.7. The minimum Gasteiger partial charge on any atom is -0.484 e. The van der Waals surface area contributed by atoms with Crippen LogP contribution in [0.5, 0.6) is 5.75 Å². The highest BCUT2D eigenvalue weighted by molar-refractivity contribution is 5.73. The molecule has 0 bridgehead atoms. The summed E-state index contributed by atoms with van der Waals surface area (Å²) in [5.74, 6) is 1.32. The molecule has 3 rings (SSSR count). The molecular weight excluding hydrogens is 266 g/mol. The van der Waals surface area contributed by atoms with Crippen LogP contribution in [0, 0.1) is 0 Å². The first-order valence-corrected chi connectivity index (χ1v) is 6.99. The van der Waals surface area contributed by atoms with E-state index in [-0.39, 0.29) is 13.2 Å². The number of aryl methyl sites for hydroxylation is 1. The maximum atomic E-state index is 9.12. The minimum absolute atomic E-state index is 0.00158. The molecule has 1 aromatic heterocycles. The van der Waals surface area contributed by atoms with Crippen LogP contribution >= 0.6 is 0 Å². The first-order valence-electron chi connectivity index (χ1n) is 6.99. The Balaban J connectivity index is 1.72. The van der Waals surface area contributed by atoms with Gasteiger partial charge in [0.15, 0.2) is 12.2 Å². The third kappa shape index (κ3) is 3.06. The number of ether oxygens (including phenoxy) is 1. The zero-order valence-corrected chi connectivity index (χ0v) is 11.9. The van der Waals surface area contributed by atoms with Gasteiger partial charge in [-0.2, -0.15) is 0 Å². The highest BCUT2D eigenvalue weighted by Gasteiger charge is 2.07. The van der Waals surface area contributed by atoms with E-state index in [1.54, 1.807) is 0 Å². The molecule has 4 nitrogen and oxygen atoms in total. The van der Waals surface area contributed by atoms with Crippen LogP contribution in [0.15, 0.2) is 46.9 Å². The summed E-state index contributed by atoms with van der Waals surface area (Å²) in [7, 11) is 0. The number of rotatable bonds is 5. The smallest absolute Gasteiger partial charge is 0.233 e. The van der Waals surface area contributed by atoms with Gasteiger partial charge in [-0.3, -0.25) is 0 Å². The van der Waals surface area contributed by atoms with Gasteiger partial charge in [-0.05, 0) is 41.8 Å². The summed E-state index contributed by atoms with van der Waals surface area (Å²) in [6.45, 7) is 2.40. The fourth-order valence-corrected chi connectivity index (χ4v) is 2.15. The van der Waals surface area contributed by atoms with E-state index in [1.807, 2.05) is 30.3 Å². The molecule has 2 aromatic carbocycles. The molecule has 0 radical (unpaired) electrons. The molecule has 0 saturated heterocycles. The summed E-state index contributed by atoms with van der Waals surface area (Å²) >= 11 is 0. The third-order valence-corrected chi connectivity index (χ3v) is 3.37. The molecule has 0 unspecified atom stereocenters. The molecular formula is C17H17NO3. The standard InChI is InChI=1S/C17H17NO3/c1-2-12-3-6-14(7-4-12)20-11-17-18-15-9-13(10-19)5-8-16(15)21-17/h3-9,19H,2,10-11H2,1H3. The molecule has 0 atom stereocenters.